The topological polar surface area (TPSA) is 54.5 Å². The van der Waals surface area contributed by atoms with Crippen molar-refractivity contribution in [1.82, 2.24) is 19.9 Å². The highest BCUT2D eigenvalue weighted by Gasteiger charge is 2.22. The fourth-order valence-corrected chi connectivity index (χ4v) is 4.16. The summed E-state index contributed by atoms with van der Waals surface area (Å²) in [6.07, 6.45) is 6.81. The van der Waals surface area contributed by atoms with Crippen LogP contribution in [-0.4, -0.2) is 25.2 Å². The fourth-order valence-electron chi connectivity index (χ4n) is 2.51. The molecule has 96 valence electrons. The number of H-pyrrole nitrogens is 1. The van der Waals surface area contributed by atoms with Gasteiger partial charge in [0.15, 0.2) is 5.65 Å². The maximum absolute atomic E-state index is 5.94. The van der Waals surface area contributed by atoms with Crippen molar-refractivity contribution < 1.29 is 0 Å². The van der Waals surface area contributed by atoms with Crippen molar-refractivity contribution in [3.8, 4) is 0 Å². The number of aromatic nitrogens is 4. The molecular weight excluding hydrogens is 268 g/mol. The van der Waals surface area contributed by atoms with E-state index in [1.54, 1.807) is 6.33 Å². The van der Waals surface area contributed by atoms with Gasteiger partial charge in [-0.15, -0.1) is 11.8 Å². The van der Waals surface area contributed by atoms with Crippen LogP contribution in [0, 0.1) is 5.92 Å². The maximum Gasteiger partial charge on any atom is 0.225 e. The van der Waals surface area contributed by atoms with Crippen molar-refractivity contribution in [3.63, 3.8) is 0 Å². The van der Waals surface area contributed by atoms with Crippen LogP contribution < -0.4 is 0 Å². The number of imidazole rings is 1. The van der Waals surface area contributed by atoms with Gasteiger partial charge in [-0.1, -0.05) is 19.8 Å². The summed E-state index contributed by atoms with van der Waals surface area (Å²) in [6, 6.07) is 0. The Morgan fingerprint density at radius 1 is 1.39 bits per heavy atom. The smallest absolute Gasteiger partial charge is 0.225 e. The quantitative estimate of drug-likeness (QED) is 0.674. The second-order valence-electron chi connectivity index (χ2n) is 4.91. The van der Waals surface area contributed by atoms with Crippen LogP contribution in [0.2, 0.25) is 5.28 Å². The predicted molar refractivity (Wildman–Crippen MR) is 74.0 cm³/mol. The lowest BCUT2D eigenvalue weighted by molar-refractivity contribution is 0.394. The third-order valence-corrected chi connectivity index (χ3v) is 4.84. The van der Waals surface area contributed by atoms with Gasteiger partial charge in [0.1, 0.15) is 10.5 Å². The zero-order valence-electron chi connectivity index (χ0n) is 10.2. The summed E-state index contributed by atoms with van der Waals surface area (Å²) >= 11 is 7.75. The van der Waals surface area contributed by atoms with Crippen molar-refractivity contribution in [1.29, 1.82) is 0 Å². The first-order chi connectivity index (χ1) is 8.72. The van der Waals surface area contributed by atoms with E-state index in [4.69, 9.17) is 11.6 Å². The Morgan fingerprint density at radius 2 is 2.28 bits per heavy atom. The minimum Gasteiger partial charge on any atom is -0.341 e. The number of nitrogens with one attached hydrogen (secondary N) is 1. The standard InChI is InChI=1S/C12H15ClN4S/c1-7-3-2-4-8(5-7)18-11-9-10(15-6-14-9)16-12(13)17-11/h6-8H,2-5H2,1H3,(H,14,15,16,17). The molecule has 4 nitrogen and oxygen atoms in total. The summed E-state index contributed by atoms with van der Waals surface area (Å²) in [7, 11) is 0. The van der Waals surface area contributed by atoms with E-state index in [1.807, 2.05) is 11.8 Å². The van der Waals surface area contributed by atoms with Gasteiger partial charge in [0.25, 0.3) is 0 Å². The molecule has 6 heteroatoms. The Bertz CT molecular complexity index is 556. The molecule has 0 aliphatic heterocycles. The number of aromatic amines is 1. The minimum atomic E-state index is 0.279. The van der Waals surface area contributed by atoms with Crippen molar-refractivity contribution in [2.75, 3.05) is 0 Å². The van der Waals surface area contributed by atoms with Crippen molar-refractivity contribution >= 4 is 34.5 Å². The predicted octanol–water partition coefficient (Wildman–Crippen LogP) is 3.68. The van der Waals surface area contributed by atoms with Crippen molar-refractivity contribution in [2.45, 2.75) is 42.9 Å². The first kappa shape index (κ1) is 12.2. The lowest BCUT2D eigenvalue weighted by atomic mass is 9.91. The molecule has 0 saturated heterocycles. The van der Waals surface area contributed by atoms with Crippen LogP contribution in [0.4, 0.5) is 0 Å². The van der Waals surface area contributed by atoms with E-state index < -0.39 is 0 Å². The Hall–Kier alpha value is -0.810. The van der Waals surface area contributed by atoms with Crippen LogP contribution in [0.5, 0.6) is 0 Å². The van der Waals surface area contributed by atoms with Gasteiger partial charge < -0.3 is 4.98 Å². The normalized spacial score (nSPS) is 24.6. The lowest BCUT2D eigenvalue weighted by Crippen LogP contribution is -2.15. The van der Waals surface area contributed by atoms with E-state index in [9.17, 15) is 0 Å². The van der Waals surface area contributed by atoms with Crippen molar-refractivity contribution in [2.24, 2.45) is 5.92 Å². The first-order valence-electron chi connectivity index (χ1n) is 6.25. The number of hydrogen-bond acceptors (Lipinski definition) is 4. The van der Waals surface area contributed by atoms with E-state index in [0.717, 1.165) is 16.5 Å². The molecule has 1 saturated carbocycles. The van der Waals surface area contributed by atoms with E-state index >= 15 is 0 Å². The van der Waals surface area contributed by atoms with Gasteiger partial charge in [0.2, 0.25) is 5.28 Å². The second-order valence-corrected chi connectivity index (χ2v) is 6.54. The molecule has 1 aliphatic carbocycles. The van der Waals surface area contributed by atoms with E-state index in [1.165, 1.54) is 25.7 Å². The van der Waals surface area contributed by atoms with Crippen LogP contribution in [-0.2, 0) is 0 Å². The molecule has 2 unspecified atom stereocenters. The number of fused-ring (bicyclic) bond motifs is 1. The average Bonchev–Trinajstić information content (AvgIpc) is 2.77. The van der Waals surface area contributed by atoms with Crippen molar-refractivity contribution in [3.05, 3.63) is 11.6 Å². The number of rotatable bonds is 2. The Balaban J connectivity index is 1.87. The van der Waals surface area contributed by atoms with Crippen LogP contribution in [0.3, 0.4) is 0 Å². The highest BCUT2D eigenvalue weighted by Crippen LogP contribution is 2.37. The first-order valence-corrected chi connectivity index (χ1v) is 7.51. The van der Waals surface area contributed by atoms with Gasteiger partial charge in [-0.05, 0) is 30.4 Å². The molecule has 0 spiro atoms. The Morgan fingerprint density at radius 3 is 3.11 bits per heavy atom. The van der Waals surface area contributed by atoms with Crippen LogP contribution in [0.15, 0.2) is 11.4 Å². The molecule has 0 aromatic carbocycles. The number of thioether (sulfide) groups is 1. The zero-order chi connectivity index (χ0) is 12.5. The molecule has 0 bridgehead atoms. The Kier molecular flexibility index (Phi) is 3.43. The average molecular weight is 283 g/mol. The minimum absolute atomic E-state index is 0.279. The van der Waals surface area contributed by atoms with E-state index in [2.05, 4.69) is 26.9 Å². The third-order valence-electron chi connectivity index (χ3n) is 3.39. The molecule has 3 rings (SSSR count). The number of hydrogen-bond donors (Lipinski definition) is 1. The summed E-state index contributed by atoms with van der Waals surface area (Å²) < 4.78 is 0. The SMILES string of the molecule is CC1CCCC(Sc2nc(Cl)nc3nc[nH]c23)C1. The highest BCUT2D eigenvalue weighted by molar-refractivity contribution is 8.00. The Labute approximate surface area is 115 Å². The van der Waals surface area contributed by atoms with Gasteiger partial charge in [-0.25, -0.2) is 9.97 Å². The molecule has 18 heavy (non-hydrogen) atoms. The van der Waals surface area contributed by atoms with Crippen LogP contribution in [0.1, 0.15) is 32.6 Å². The van der Waals surface area contributed by atoms with Gasteiger partial charge in [-0.3, -0.25) is 0 Å². The third kappa shape index (κ3) is 2.47. The maximum atomic E-state index is 5.94. The molecule has 2 aromatic rings. The zero-order valence-corrected chi connectivity index (χ0v) is 11.8. The van der Waals surface area contributed by atoms with Gasteiger partial charge >= 0.3 is 0 Å². The lowest BCUT2D eigenvalue weighted by Gasteiger charge is -2.25. The molecule has 2 heterocycles. The summed E-state index contributed by atoms with van der Waals surface area (Å²) in [4.78, 5) is 15.7. The van der Waals surface area contributed by atoms with Gasteiger partial charge in [0.05, 0.1) is 6.33 Å². The van der Waals surface area contributed by atoms with E-state index in [-0.39, 0.29) is 5.28 Å². The number of halogens is 1. The summed E-state index contributed by atoms with van der Waals surface area (Å²) in [6.45, 7) is 2.32. The second kappa shape index (κ2) is 5.05. The fraction of sp³-hybridized carbons (Fsp3) is 0.583. The molecule has 2 atom stereocenters. The molecule has 1 N–H and O–H groups in total. The monoisotopic (exact) mass is 282 g/mol. The van der Waals surface area contributed by atoms with Crippen LogP contribution in [0.25, 0.3) is 11.2 Å². The number of nitrogens with zero attached hydrogens (tertiary/aromatic N) is 3. The largest absolute Gasteiger partial charge is 0.341 e. The summed E-state index contributed by atoms with van der Waals surface area (Å²) in [5.41, 5.74) is 1.56. The molecule has 0 radical (unpaired) electrons. The van der Waals surface area contributed by atoms with Gasteiger partial charge in [0, 0.05) is 5.25 Å². The van der Waals surface area contributed by atoms with Crippen LogP contribution >= 0.6 is 23.4 Å². The van der Waals surface area contributed by atoms with Gasteiger partial charge in [-0.2, -0.15) is 4.98 Å². The summed E-state index contributed by atoms with van der Waals surface area (Å²) in [5, 5.41) is 1.84. The van der Waals surface area contributed by atoms with E-state index in [0.29, 0.717) is 10.9 Å². The molecule has 1 aliphatic rings. The molecule has 1 fully saturated rings. The highest BCUT2D eigenvalue weighted by atomic mass is 35.5. The molecule has 2 aromatic heterocycles. The summed E-state index contributed by atoms with van der Waals surface area (Å²) in [5.74, 6) is 0.811. The molecular formula is C12H15ClN4S. The molecule has 0 amide bonds.